The smallest absolute Gasteiger partial charge is 0.134 e. The van der Waals surface area contributed by atoms with E-state index in [0.29, 0.717) is 0 Å². The second-order valence-electron chi connectivity index (χ2n) is 7.63. The zero-order valence-corrected chi connectivity index (χ0v) is 17.1. The Bertz CT molecular complexity index is 684. The second kappa shape index (κ2) is 8.73. The fourth-order valence-corrected chi connectivity index (χ4v) is 5.97. The maximum absolute atomic E-state index is 5.42. The molecule has 0 radical (unpaired) electrons. The average molecular weight is 393 g/mol. The van der Waals surface area contributed by atoms with Gasteiger partial charge in [0.2, 0.25) is 0 Å². The van der Waals surface area contributed by atoms with E-state index in [2.05, 4.69) is 28.9 Å². The molecule has 1 N–H and O–H groups in total. The van der Waals surface area contributed by atoms with Crippen LogP contribution in [-0.2, 0) is 12.0 Å². The fourth-order valence-electron chi connectivity index (χ4n) is 5.16. The highest BCUT2D eigenvalue weighted by atomic mass is 35.5. The second-order valence-corrected chi connectivity index (χ2v) is 8.63. The SMILES string of the molecule is COc1ccsc1CNCCC1(c2ccccn2)CC2CCC1CC2.Cl. The van der Waals surface area contributed by atoms with Crippen molar-refractivity contribution in [1.29, 1.82) is 0 Å². The molecule has 5 heteroatoms. The predicted octanol–water partition coefficient (Wildman–Crippen LogP) is 5.20. The fraction of sp³-hybridized carbons (Fsp3) is 0.571. The van der Waals surface area contributed by atoms with Gasteiger partial charge in [0.1, 0.15) is 5.75 Å². The van der Waals surface area contributed by atoms with Gasteiger partial charge in [-0.05, 0) is 67.6 Å². The van der Waals surface area contributed by atoms with Crippen molar-refractivity contribution in [2.75, 3.05) is 13.7 Å². The number of hydrogen-bond donors (Lipinski definition) is 1. The summed E-state index contributed by atoms with van der Waals surface area (Å²) in [5.41, 5.74) is 1.62. The minimum absolute atomic E-state index is 0. The number of methoxy groups -OCH3 is 1. The molecule has 0 aromatic carbocycles. The van der Waals surface area contributed by atoms with E-state index in [9.17, 15) is 0 Å². The number of hydrogen-bond acceptors (Lipinski definition) is 4. The van der Waals surface area contributed by atoms with E-state index in [1.807, 2.05) is 12.3 Å². The van der Waals surface area contributed by atoms with Crippen LogP contribution in [0.2, 0.25) is 0 Å². The Labute approximate surface area is 167 Å². The molecular weight excluding hydrogens is 364 g/mol. The van der Waals surface area contributed by atoms with Crippen LogP contribution in [0.25, 0.3) is 0 Å². The van der Waals surface area contributed by atoms with Crippen LogP contribution in [-0.4, -0.2) is 18.6 Å². The highest BCUT2D eigenvalue weighted by Crippen LogP contribution is 2.54. The summed E-state index contributed by atoms with van der Waals surface area (Å²) in [6.45, 7) is 1.94. The van der Waals surface area contributed by atoms with Gasteiger partial charge >= 0.3 is 0 Å². The van der Waals surface area contributed by atoms with Crippen LogP contribution < -0.4 is 10.1 Å². The van der Waals surface area contributed by atoms with Gasteiger partial charge in [0, 0.05) is 23.9 Å². The largest absolute Gasteiger partial charge is 0.496 e. The molecule has 3 nitrogen and oxygen atoms in total. The first-order valence-corrected chi connectivity index (χ1v) is 10.4. The molecule has 2 aromatic heterocycles. The van der Waals surface area contributed by atoms with Crippen molar-refractivity contribution in [3.05, 3.63) is 46.4 Å². The number of aromatic nitrogens is 1. The number of nitrogens with zero attached hydrogens (tertiary/aromatic N) is 1. The van der Waals surface area contributed by atoms with Gasteiger partial charge in [-0.1, -0.05) is 18.9 Å². The number of ether oxygens (including phenoxy) is 1. The quantitative estimate of drug-likeness (QED) is 0.657. The van der Waals surface area contributed by atoms with Gasteiger partial charge in [-0.2, -0.15) is 0 Å². The molecule has 26 heavy (non-hydrogen) atoms. The predicted molar refractivity (Wildman–Crippen MR) is 110 cm³/mol. The Morgan fingerprint density at radius 2 is 2.08 bits per heavy atom. The van der Waals surface area contributed by atoms with E-state index in [1.165, 1.54) is 49.1 Å². The lowest BCUT2D eigenvalue weighted by molar-refractivity contribution is 0.0545. The van der Waals surface area contributed by atoms with Gasteiger partial charge < -0.3 is 10.1 Å². The highest BCUT2D eigenvalue weighted by molar-refractivity contribution is 7.10. The molecule has 0 amide bonds. The molecule has 2 aromatic rings. The zero-order valence-electron chi connectivity index (χ0n) is 15.4. The lowest BCUT2D eigenvalue weighted by Crippen LogP contribution is -2.47. The Hall–Kier alpha value is -1.10. The van der Waals surface area contributed by atoms with E-state index < -0.39 is 0 Å². The standard InChI is InChI=1S/C21H28N2OS.ClH/c1-24-18-9-13-25-19(18)15-22-12-10-21(20-4-2-3-11-23-20)14-16-5-7-17(21)8-6-16;/h2-4,9,11,13,16-17,22H,5-8,10,12,14-15H2,1H3;1H. The molecule has 2 bridgehead atoms. The molecule has 3 saturated carbocycles. The number of pyridine rings is 1. The minimum Gasteiger partial charge on any atom is -0.496 e. The summed E-state index contributed by atoms with van der Waals surface area (Å²) in [4.78, 5) is 6.09. The van der Waals surface area contributed by atoms with Crippen LogP contribution in [0.4, 0.5) is 0 Å². The van der Waals surface area contributed by atoms with Crippen LogP contribution >= 0.6 is 23.7 Å². The summed E-state index contributed by atoms with van der Waals surface area (Å²) in [7, 11) is 1.75. The number of rotatable bonds is 7. The lowest BCUT2D eigenvalue weighted by Gasteiger charge is -2.52. The van der Waals surface area contributed by atoms with E-state index in [4.69, 9.17) is 9.72 Å². The molecule has 3 aliphatic carbocycles. The summed E-state index contributed by atoms with van der Waals surface area (Å²) in [6, 6.07) is 8.52. The maximum Gasteiger partial charge on any atom is 0.134 e. The molecule has 3 aliphatic rings. The first kappa shape index (κ1) is 19.7. The van der Waals surface area contributed by atoms with Crippen LogP contribution in [0.3, 0.4) is 0 Å². The summed E-state index contributed by atoms with van der Waals surface area (Å²) < 4.78 is 5.42. The summed E-state index contributed by atoms with van der Waals surface area (Å²) >= 11 is 1.77. The molecule has 142 valence electrons. The van der Waals surface area contributed by atoms with E-state index in [0.717, 1.165) is 30.7 Å². The third kappa shape index (κ3) is 3.78. The van der Waals surface area contributed by atoms with Crippen LogP contribution in [0.15, 0.2) is 35.8 Å². The molecule has 1 atom stereocenters. The molecular formula is C21H29ClN2OS. The van der Waals surface area contributed by atoms with Crippen molar-refractivity contribution in [3.8, 4) is 5.75 Å². The maximum atomic E-state index is 5.42. The topological polar surface area (TPSA) is 34.1 Å². The van der Waals surface area contributed by atoms with Gasteiger partial charge in [-0.15, -0.1) is 23.7 Å². The van der Waals surface area contributed by atoms with E-state index in [1.54, 1.807) is 18.4 Å². The van der Waals surface area contributed by atoms with Gasteiger partial charge in [0.15, 0.2) is 0 Å². The van der Waals surface area contributed by atoms with Crippen molar-refractivity contribution in [2.45, 2.75) is 50.5 Å². The molecule has 0 aliphatic heterocycles. The van der Waals surface area contributed by atoms with Crippen LogP contribution in [0.1, 0.15) is 49.1 Å². The Kier molecular flexibility index (Phi) is 6.60. The Morgan fingerprint density at radius 3 is 2.73 bits per heavy atom. The van der Waals surface area contributed by atoms with E-state index >= 15 is 0 Å². The van der Waals surface area contributed by atoms with Crippen molar-refractivity contribution in [1.82, 2.24) is 10.3 Å². The molecule has 5 rings (SSSR count). The molecule has 0 spiro atoms. The summed E-state index contributed by atoms with van der Waals surface area (Å²) in [6.07, 6.45) is 10.1. The van der Waals surface area contributed by atoms with Gasteiger partial charge in [-0.25, -0.2) is 0 Å². The van der Waals surface area contributed by atoms with Crippen molar-refractivity contribution in [2.24, 2.45) is 11.8 Å². The summed E-state index contributed by atoms with van der Waals surface area (Å²) in [5.74, 6) is 2.73. The van der Waals surface area contributed by atoms with Crippen LogP contribution in [0.5, 0.6) is 5.75 Å². The average Bonchev–Trinajstić information content (AvgIpc) is 3.14. The first-order chi connectivity index (χ1) is 12.3. The molecule has 3 fully saturated rings. The normalized spacial score (nSPS) is 27.1. The van der Waals surface area contributed by atoms with Gasteiger partial charge in [-0.3, -0.25) is 4.98 Å². The molecule has 2 heterocycles. The zero-order chi connectivity index (χ0) is 17.1. The number of fused-ring (bicyclic) bond motifs is 3. The number of thiophene rings is 1. The van der Waals surface area contributed by atoms with E-state index in [-0.39, 0.29) is 17.8 Å². The van der Waals surface area contributed by atoms with Gasteiger partial charge in [0.05, 0.1) is 12.0 Å². The van der Waals surface area contributed by atoms with Crippen molar-refractivity contribution >= 4 is 23.7 Å². The van der Waals surface area contributed by atoms with Gasteiger partial charge in [0.25, 0.3) is 0 Å². The Morgan fingerprint density at radius 1 is 1.23 bits per heavy atom. The first-order valence-electron chi connectivity index (χ1n) is 9.54. The molecule has 1 unspecified atom stereocenters. The monoisotopic (exact) mass is 392 g/mol. The van der Waals surface area contributed by atoms with Crippen LogP contribution in [0, 0.1) is 11.8 Å². The van der Waals surface area contributed by atoms with Crippen molar-refractivity contribution in [3.63, 3.8) is 0 Å². The Balaban J connectivity index is 0.00000196. The minimum atomic E-state index is 0. The lowest BCUT2D eigenvalue weighted by atomic mass is 9.53. The third-order valence-corrected chi connectivity index (χ3v) is 7.32. The third-order valence-electron chi connectivity index (χ3n) is 6.41. The van der Waals surface area contributed by atoms with Crippen molar-refractivity contribution < 1.29 is 4.74 Å². The highest BCUT2D eigenvalue weighted by Gasteiger charge is 2.48. The number of nitrogens with one attached hydrogen (secondary N) is 1. The molecule has 0 saturated heterocycles. The number of halogens is 1. The summed E-state index contributed by atoms with van der Waals surface area (Å²) in [5, 5.41) is 5.77.